The van der Waals surface area contributed by atoms with Crippen LogP contribution >= 0.6 is 11.8 Å². The van der Waals surface area contributed by atoms with Gasteiger partial charge in [0.15, 0.2) is 17.4 Å². The molecule has 0 fully saturated rings. The molecule has 1 spiro atoms. The predicted octanol–water partition coefficient (Wildman–Crippen LogP) is 8.78. The number of carbonyl (C=O) groups is 1. The Kier molecular flexibility index (Phi) is 5.48. The molecule has 6 nitrogen and oxygen atoms in total. The Morgan fingerprint density at radius 2 is 1.15 bits per heavy atom. The summed E-state index contributed by atoms with van der Waals surface area (Å²) in [4.78, 5) is 37.6. The molecular formula is C40H23N5OS. The largest absolute Gasteiger partial charge is 0.308 e. The van der Waals surface area contributed by atoms with E-state index in [1.165, 1.54) is 9.79 Å². The SMILES string of the molecule is O=C1c2cc(-c3ncccn3)ccc2C2(c3cc(-c4ncccn4)ccc31)c1ccccc1N1c3ccccc3Sc3cccc2c31. The Morgan fingerprint density at radius 1 is 0.511 bits per heavy atom. The van der Waals surface area contributed by atoms with Gasteiger partial charge in [-0.1, -0.05) is 72.4 Å². The second-order valence-electron chi connectivity index (χ2n) is 11.8. The van der Waals surface area contributed by atoms with E-state index in [0.717, 1.165) is 50.4 Å². The summed E-state index contributed by atoms with van der Waals surface area (Å²) >= 11 is 1.79. The van der Waals surface area contributed by atoms with Crippen molar-refractivity contribution >= 4 is 34.6 Å². The van der Waals surface area contributed by atoms with Gasteiger partial charge in [-0.15, -0.1) is 0 Å². The van der Waals surface area contributed by atoms with Gasteiger partial charge in [-0.05, 0) is 76.9 Å². The van der Waals surface area contributed by atoms with Crippen molar-refractivity contribution < 1.29 is 4.79 Å². The van der Waals surface area contributed by atoms with Crippen molar-refractivity contribution in [1.82, 2.24) is 19.9 Å². The molecule has 1 unspecified atom stereocenters. The molecule has 2 aromatic heterocycles. The van der Waals surface area contributed by atoms with Gasteiger partial charge in [0.1, 0.15) is 0 Å². The maximum atomic E-state index is 14.7. The van der Waals surface area contributed by atoms with E-state index in [2.05, 4.69) is 104 Å². The Bertz CT molecular complexity index is 2430. The monoisotopic (exact) mass is 621 g/mol. The van der Waals surface area contributed by atoms with E-state index >= 15 is 0 Å². The van der Waals surface area contributed by atoms with E-state index < -0.39 is 5.41 Å². The molecule has 220 valence electrons. The zero-order valence-electron chi connectivity index (χ0n) is 24.8. The summed E-state index contributed by atoms with van der Waals surface area (Å²) in [5, 5.41) is 0. The lowest BCUT2D eigenvalue weighted by molar-refractivity contribution is 0.103. The molecule has 47 heavy (non-hydrogen) atoms. The highest BCUT2D eigenvalue weighted by Crippen LogP contribution is 2.64. The molecule has 0 saturated carbocycles. The quantitative estimate of drug-likeness (QED) is 0.191. The van der Waals surface area contributed by atoms with Crippen molar-refractivity contribution in [2.75, 3.05) is 4.90 Å². The van der Waals surface area contributed by atoms with Gasteiger partial charge in [0.25, 0.3) is 0 Å². The van der Waals surface area contributed by atoms with Gasteiger partial charge in [0, 0.05) is 56.8 Å². The van der Waals surface area contributed by atoms with Gasteiger partial charge < -0.3 is 4.90 Å². The maximum absolute atomic E-state index is 14.7. The third kappa shape index (κ3) is 3.54. The summed E-state index contributed by atoms with van der Waals surface area (Å²) in [6.45, 7) is 0. The minimum absolute atomic E-state index is 0.0247. The molecule has 7 aromatic rings. The van der Waals surface area contributed by atoms with E-state index in [1.54, 1.807) is 42.6 Å². The number of carbonyl (C=O) groups excluding carboxylic acids is 1. The van der Waals surface area contributed by atoms with Crippen LogP contribution in [-0.2, 0) is 5.41 Å². The fraction of sp³-hybridized carbons (Fsp3) is 0.0250. The fourth-order valence-electron chi connectivity index (χ4n) is 7.64. The normalized spacial score (nSPS) is 16.5. The molecule has 7 heteroatoms. The minimum atomic E-state index is -0.815. The number of aromatic nitrogens is 4. The lowest BCUT2D eigenvalue weighted by Crippen LogP contribution is -2.43. The molecule has 3 aliphatic rings. The number of benzene rings is 5. The molecule has 2 aliphatic heterocycles. The second-order valence-corrected chi connectivity index (χ2v) is 12.9. The lowest BCUT2D eigenvalue weighted by Gasteiger charge is -2.50. The van der Waals surface area contributed by atoms with Crippen LogP contribution in [0.25, 0.3) is 22.8 Å². The van der Waals surface area contributed by atoms with Crippen molar-refractivity contribution in [3.05, 3.63) is 173 Å². The molecule has 4 heterocycles. The topological polar surface area (TPSA) is 71.9 Å². The molecule has 0 bridgehead atoms. The average molecular weight is 622 g/mol. The van der Waals surface area contributed by atoms with Gasteiger partial charge in [-0.25, -0.2) is 19.9 Å². The molecular weight excluding hydrogens is 599 g/mol. The summed E-state index contributed by atoms with van der Waals surface area (Å²) in [5.74, 6) is 1.17. The number of hydrogen-bond donors (Lipinski definition) is 0. The Labute approximate surface area is 274 Å². The molecule has 0 amide bonds. The van der Waals surface area contributed by atoms with Crippen molar-refractivity contribution in [2.45, 2.75) is 15.2 Å². The van der Waals surface area contributed by atoms with E-state index in [4.69, 9.17) is 0 Å². The first-order chi connectivity index (χ1) is 23.2. The highest BCUT2D eigenvalue weighted by Gasteiger charge is 2.53. The third-order valence-corrected chi connectivity index (χ3v) is 10.6. The van der Waals surface area contributed by atoms with Gasteiger partial charge >= 0.3 is 0 Å². The molecule has 1 aliphatic carbocycles. The number of nitrogens with zero attached hydrogens (tertiary/aromatic N) is 5. The van der Waals surface area contributed by atoms with Crippen LogP contribution in [0.2, 0.25) is 0 Å². The van der Waals surface area contributed by atoms with Crippen molar-refractivity contribution in [3.63, 3.8) is 0 Å². The van der Waals surface area contributed by atoms with Crippen LogP contribution in [0.3, 0.4) is 0 Å². The average Bonchev–Trinajstić information content (AvgIpc) is 3.15. The van der Waals surface area contributed by atoms with Crippen molar-refractivity contribution in [3.8, 4) is 22.8 Å². The predicted molar refractivity (Wildman–Crippen MR) is 183 cm³/mol. The number of fused-ring (bicyclic) bond motifs is 10. The van der Waals surface area contributed by atoms with Gasteiger partial charge in [-0.2, -0.15) is 0 Å². The van der Waals surface area contributed by atoms with Gasteiger partial charge in [-0.3, -0.25) is 4.79 Å². The lowest BCUT2D eigenvalue weighted by atomic mass is 9.57. The molecule has 1 atom stereocenters. The smallest absolute Gasteiger partial charge is 0.193 e. The minimum Gasteiger partial charge on any atom is -0.308 e. The summed E-state index contributed by atoms with van der Waals surface area (Å²) in [6, 6.07) is 39.6. The van der Waals surface area contributed by atoms with E-state index in [-0.39, 0.29) is 5.78 Å². The molecule has 0 N–H and O–H groups in total. The number of hydrogen-bond acceptors (Lipinski definition) is 7. The molecule has 0 radical (unpaired) electrons. The Balaban J connectivity index is 1.35. The number of anilines is 3. The van der Waals surface area contributed by atoms with Gasteiger partial charge in [0.2, 0.25) is 0 Å². The zero-order valence-corrected chi connectivity index (χ0v) is 25.6. The second kappa shape index (κ2) is 9.79. The van der Waals surface area contributed by atoms with Crippen LogP contribution in [-0.4, -0.2) is 25.7 Å². The third-order valence-electron chi connectivity index (χ3n) is 9.49. The first-order valence-electron chi connectivity index (χ1n) is 15.4. The van der Waals surface area contributed by atoms with Crippen LogP contribution in [0.4, 0.5) is 17.1 Å². The maximum Gasteiger partial charge on any atom is 0.193 e. The van der Waals surface area contributed by atoms with Crippen molar-refractivity contribution in [1.29, 1.82) is 0 Å². The Hall–Kier alpha value is -5.92. The first-order valence-corrected chi connectivity index (χ1v) is 16.2. The zero-order chi connectivity index (χ0) is 31.1. The number of ketones is 1. The van der Waals surface area contributed by atoms with Crippen LogP contribution in [0.5, 0.6) is 0 Å². The van der Waals surface area contributed by atoms with E-state index in [9.17, 15) is 4.79 Å². The van der Waals surface area contributed by atoms with Crippen LogP contribution in [0.15, 0.2) is 150 Å². The molecule has 0 saturated heterocycles. The van der Waals surface area contributed by atoms with Crippen LogP contribution in [0.1, 0.15) is 38.2 Å². The summed E-state index contributed by atoms with van der Waals surface area (Å²) < 4.78 is 0. The van der Waals surface area contributed by atoms with Crippen LogP contribution < -0.4 is 4.90 Å². The summed E-state index contributed by atoms with van der Waals surface area (Å²) in [7, 11) is 0. The van der Waals surface area contributed by atoms with Crippen molar-refractivity contribution in [2.24, 2.45) is 0 Å². The number of rotatable bonds is 2. The molecule has 5 aromatic carbocycles. The number of para-hydroxylation sites is 3. The van der Waals surface area contributed by atoms with E-state index in [1.807, 2.05) is 30.3 Å². The van der Waals surface area contributed by atoms with Crippen LogP contribution in [0, 0.1) is 0 Å². The van der Waals surface area contributed by atoms with Gasteiger partial charge in [0.05, 0.1) is 22.5 Å². The Morgan fingerprint density at radius 3 is 1.94 bits per heavy atom. The summed E-state index contributed by atoms with van der Waals surface area (Å²) in [5.41, 5.74) is 9.62. The fourth-order valence-corrected chi connectivity index (χ4v) is 8.73. The highest BCUT2D eigenvalue weighted by atomic mass is 32.2. The standard InChI is InChI=1S/C40H23N5OS/c46-37-26-16-14-25(39-43-20-7-21-44-39)23-31(26)40(28-17-15-24(22-27(28)37)38-41-18-6-19-42-38)29-8-1-2-10-32(29)45-33-11-3-4-12-34(33)47-35-13-5-9-30(40)36(35)45/h1-23H. The van der Waals surface area contributed by atoms with E-state index in [0.29, 0.717) is 22.8 Å². The first kappa shape index (κ1) is 26.3. The molecule has 10 rings (SSSR count). The summed E-state index contributed by atoms with van der Waals surface area (Å²) in [6.07, 6.45) is 6.96. The highest BCUT2D eigenvalue weighted by molar-refractivity contribution is 7.99.